The van der Waals surface area contributed by atoms with Gasteiger partial charge in [-0.3, -0.25) is 14.7 Å². The van der Waals surface area contributed by atoms with E-state index in [1.807, 2.05) is 21.1 Å². The van der Waals surface area contributed by atoms with Gasteiger partial charge in [0.25, 0.3) is 0 Å². The van der Waals surface area contributed by atoms with Gasteiger partial charge in [0.1, 0.15) is 0 Å². The molecule has 3 rings (SSSR count). The van der Waals surface area contributed by atoms with Crippen molar-refractivity contribution in [1.29, 1.82) is 0 Å². The van der Waals surface area contributed by atoms with Crippen molar-refractivity contribution in [2.75, 3.05) is 60.5 Å². The zero-order valence-electron chi connectivity index (χ0n) is 17.7. The Hall–Kier alpha value is -1.34. The third kappa shape index (κ3) is 4.24. The van der Waals surface area contributed by atoms with Crippen LogP contribution in [0.4, 0.5) is 0 Å². The van der Waals surface area contributed by atoms with Crippen molar-refractivity contribution in [3.05, 3.63) is 0 Å². The van der Waals surface area contributed by atoms with E-state index in [1.54, 1.807) is 4.90 Å². The highest BCUT2D eigenvalue weighted by atomic mass is 16.5. The van der Waals surface area contributed by atoms with Crippen molar-refractivity contribution in [3.63, 3.8) is 0 Å². The topological polar surface area (TPSA) is 60.4 Å². The Bertz CT molecular complexity index is 555. The smallest absolute Gasteiger partial charge is 0.223 e. The average Bonchev–Trinajstić information content (AvgIpc) is 2.67. The number of nitrogens with zero attached hydrogens (tertiary/aromatic N) is 4. The van der Waals surface area contributed by atoms with Crippen molar-refractivity contribution in [3.8, 4) is 0 Å². The molecule has 3 unspecified atom stereocenters. The van der Waals surface area contributed by atoms with Crippen LogP contribution in [0.1, 0.15) is 33.1 Å². The molecule has 1 aliphatic carbocycles. The van der Waals surface area contributed by atoms with Gasteiger partial charge in [0.2, 0.25) is 5.91 Å². The number of aliphatic imine (C=N–C) groups is 1. The molecule has 7 nitrogen and oxygen atoms in total. The maximum atomic E-state index is 11.8. The Balaban J connectivity index is 1.49. The lowest BCUT2D eigenvalue weighted by atomic mass is 9.55. The van der Waals surface area contributed by atoms with Crippen LogP contribution in [0, 0.1) is 11.3 Å². The fourth-order valence-electron chi connectivity index (χ4n) is 4.91. The summed E-state index contributed by atoms with van der Waals surface area (Å²) in [5.74, 6) is 1.82. The van der Waals surface area contributed by atoms with Crippen molar-refractivity contribution in [2.45, 2.75) is 45.3 Å². The molecule has 2 saturated heterocycles. The molecule has 0 aromatic carbocycles. The Kier molecular flexibility index (Phi) is 6.31. The first-order valence-corrected chi connectivity index (χ1v) is 10.4. The number of nitrogens with one attached hydrogen (secondary N) is 1. The molecule has 1 saturated carbocycles. The lowest BCUT2D eigenvalue weighted by Gasteiger charge is -2.60. The molecule has 1 N–H and O–H groups in total. The molecular formula is C20H37N5O2. The number of carbonyl (C=O) groups excluding carboxylic acids is 1. The zero-order valence-corrected chi connectivity index (χ0v) is 17.7. The van der Waals surface area contributed by atoms with Gasteiger partial charge >= 0.3 is 0 Å². The minimum Gasteiger partial charge on any atom is -0.377 e. The largest absolute Gasteiger partial charge is 0.377 e. The summed E-state index contributed by atoms with van der Waals surface area (Å²) < 4.78 is 6.03. The second-order valence-electron chi connectivity index (χ2n) is 8.95. The second-order valence-corrected chi connectivity index (χ2v) is 8.95. The highest BCUT2D eigenvalue weighted by Gasteiger charge is 2.58. The monoisotopic (exact) mass is 379 g/mol. The van der Waals surface area contributed by atoms with Crippen LogP contribution in [0.2, 0.25) is 0 Å². The fraction of sp³-hybridized carbons (Fsp3) is 0.900. The molecule has 3 aliphatic rings. The summed E-state index contributed by atoms with van der Waals surface area (Å²) in [6.07, 6.45) is 3.39. The molecule has 2 heterocycles. The summed E-state index contributed by atoms with van der Waals surface area (Å²) in [7, 11) is 5.52. The molecule has 154 valence electrons. The van der Waals surface area contributed by atoms with Gasteiger partial charge in [-0.05, 0) is 12.8 Å². The fourth-order valence-corrected chi connectivity index (χ4v) is 4.91. The Labute approximate surface area is 164 Å². The van der Waals surface area contributed by atoms with Gasteiger partial charge in [0.05, 0.1) is 6.10 Å². The number of rotatable bonds is 4. The SMILES string of the molecule is CN=C(NC1C2CCCOC2C1(C)C)N1CCN(CCC(=O)N(C)C)CC1. The van der Waals surface area contributed by atoms with Crippen molar-refractivity contribution in [2.24, 2.45) is 16.3 Å². The first-order chi connectivity index (χ1) is 12.8. The highest BCUT2D eigenvalue weighted by molar-refractivity contribution is 5.80. The van der Waals surface area contributed by atoms with Gasteiger partial charge in [-0.25, -0.2) is 0 Å². The molecular weight excluding hydrogens is 342 g/mol. The number of fused-ring (bicyclic) bond motifs is 1. The number of ether oxygens (including phenoxy) is 1. The Morgan fingerprint density at radius 2 is 1.96 bits per heavy atom. The number of hydrogen-bond acceptors (Lipinski definition) is 4. The van der Waals surface area contributed by atoms with E-state index < -0.39 is 0 Å². The molecule has 1 amide bonds. The van der Waals surface area contributed by atoms with Crippen LogP contribution in [-0.4, -0.2) is 99.2 Å². The number of guanidine groups is 1. The molecule has 3 fully saturated rings. The third-order valence-electron chi connectivity index (χ3n) is 6.64. The van der Waals surface area contributed by atoms with Crippen molar-refractivity contribution >= 4 is 11.9 Å². The third-order valence-corrected chi connectivity index (χ3v) is 6.64. The second kappa shape index (κ2) is 8.35. The highest BCUT2D eigenvalue weighted by Crippen LogP contribution is 2.51. The molecule has 7 heteroatoms. The molecule has 27 heavy (non-hydrogen) atoms. The molecule has 0 aromatic heterocycles. The van der Waals surface area contributed by atoms with E-state index >= 15 is 0 Å². The quantitative estimate of drug-likeness (QED) is 0.580. The van der Waals surface area contributed by atoms with Gasteiger partial charge in [0.15, 0.2) is 5.96 Å². The van der Waals surface area contributed by atoms with Gasteiger partial charge < -0.3 is 19.9 Å². The summed E-state index contributed by atoms with van der Waals surface area (Å²) >= 11 is 0. The first-order valence-electron chi connectivity index (χ1n) is 10.4. The van der Waals surface area contributed by atoms with Crippen LogP contribution >= 0.6 is 0 Å². The van der Waals surface area contributed by atoms with Crippen LogP contribution in [0.15, 0.2) is 4.99 Å². The number of piperazine rings is 1. The summed E-state index contributed by atoms with van der Waals surface area (Å²) in [6.45, 7) is 10.2. The predicted molar refractivity (Wildman–Crippen MR) is 108 cm³/mol. The first kappa shape index (κ1) is 20.4. The summed E-state index contributed by atoms with van der Waals surface area (Å²) in [5, 5.41) is 3.76. The Morgan fingerprint density at radius 1 is 1.26 bits per heavy atom. The van der Waals surface area contributed by atoms with Crippen LogP contribution in [0.5, 0.6) is 0 Å². The number of amides is 1. The van der Waals surface area contributed by atoms with Gasteiger partial charge in [0, 0.05) is 84.3 Å². The summed E-state index contributed by atoms with van der Waals surface area (Å²) in [6, 6.07) is 0.428. The van der Waals surface area contributed by atoms with Crippen LogP contribution < -0.4 is 5.32 Å². The molecule has 3 atom stereocenters. The maximum absolute atomic E-state index is 11.8. The molecule has 0 bridgehead atoms. The van der Waals surface area contributed by atoms with E-state index in [9.17, 15) is 4.79 Å². The van der Waals surface area contributed by atoms with Crippen LogP contribution in [0.3, 0.4) is 0 Å². The molecule has 0 spiro atoms. The molecule has 2 aliphatic heterocycles. The molecule has 0 radical (unpaired) electrons. The van der Waals surface area contributed by atoms with E-state index in [1.165, 1.54) is 12.8 Å². The van der Waals surface area contributed by atoms with E-state index in [2.05, 4.69) is 34.0 Å². The average molecular weight is 380 g/mol. The summed E-state index contributed by atoms with van der Waals surface area (Å²) in [5.41, 5.74) is 0.148. The summed E-state index contributed by atoms with van der Waals surface area (Å²) in [4.78, 5) is 22.8. The van der Waals surface area contributed by atoms with Gasteiger partial charge in [-0.2, -0.15) is 0 Å². The van der Waals surface area contributed by atoms with Gasteiger partial charge in [-0.15, -0.1) is 0 Å². The van der Waals surface area contributed by atoms with E-state index in [4.69, 9.17) is 4.74 Å². The normalized spacial score (nSPS) is 31.1. The lowest BCUT2D eigenvalue weighted by molar-refractivity contribution is -0.188. The van der Waals surface area contributed by atoms with Gasteiger partial charge in [-0.1, -0.05) is 13.8 Å². The minimum absolute atomic E-state index is 0.148. The van der Waals surface area contributed by atoms with Crippen molar-refractivity contribution in [1.82, 2.24) is 20.0 Å². The number of carbonyl (C=O) groups is 1. The number of hydrogen-bond donors (Lipinski definition) is 1. The van der Waals surface area contributed by atoms with Crippen molar-refractivity contribution < 1.29 is 9.53 Å². The Morgan fingerprint density at radius 3 is 2.59 bits per heavy atom. The zero-order chi connectivity index (χ0) is 19.6. The van der Waals surface area contributed by atoms with Crippen LogP contribution in [-0.2, 0) is 9.53 Å². The van der Waals surface area contributed by atoms with E-state index in [-0.39, 0.29) is 11.3 Å². The van der Waals surface area contributed by atoms with E-state index in [0.29, 0.717) is 24.5 Å². The van der Waals surface area contributed by atoms with E-state index in [0.717, 1.165) is 45.3 Å². The van der Waals surface area contributed by atoms with Crippen LogP contribution in [0.25, 0.3) is 0 Å². The predicted octanol–water partition coefficient (Wildman–Crippen LogP) is 0.861. The molecule has 0 aromatic rings. The standard InChI is InChI=1S/C20H37N5O2/c1-20(2)17(15-7-6-14-27-18(15)20)22-19(21-3)25-12-10-24(11-13-25)9-8-16(26)23(4)5/h15,17-18H,6-14H2,1-5H3,(H,21,22). The lowest BCUT2D eigenvalue weighted by Crippen LogP contribution is -2.71. The minimum atomic E-state index is 0.148. The maximum Gasteiger partial charge on any atom is 0.223 e.